The van der Waals surface area contributed by atoms with Crippen molar-refractivity contribution in [3.63, 3.8) is 0 Å². The number of ketones is 2. The first-order chi connectivity index (χ1) is 21.2. The molecule has 0 fully saturated rings. The average Bonchev–Trinajstić information content (AvgIpc) is 3.08. The van der Waals surface area contributed by atoms with Crippen LogP contribution in [0.4, 0.5) is 0 Å². The van der Waals surface area contributed by atoms with E-state index >= 15 is 0 Å². The van der Waals surface area contributed by atoms with Crippen molar-refractivity contribution in [1.82, 2.24) is 4.90 Å². The zero-order valence-electron chi connectivity index (χ0n) is 26.1. The number of amides is 1. The summed E-state index contributed by atoms with van der Waals surface area (Å²) in [5.41, 5.74) is 0.138. The Morgan fingerprint density at radius 2 is 1.25 bits per heavy atom. The van der Waals surface area contributed by atoms with E-state index < -0.39 is 17.4 Å². The molecule has 0 aromatic heterocycles. The van der Waals surface area contributed by atoms with Gasteiger partial charge in [0, 0.05) is 23.2 Å². The van der Waals surface area contributed by atoms with Crippen LogP contribution in [0.3, 0.4) is 0 Å². The van der Waals surface area contributed by atoms with Gasteiger partial charge in [-0.15, -0.1) is 0 Å². The van der Waals surface area contributed by atoms with Crippen molar-refractivity contribution in [2.75, 3.05) is 26.3 Å². The summed E-state index contributed by atoms with van der Waals surface area (Å²) >= 11 is 0. The molecule has 0 aliphatic heterocycles. The summed E-state index contributed by atoms with van der Waals surface area (Å²) in [7, 11) is 0. The van der Waals surface area contributed by atoms with Gasteiger partial charge in [-0.1, -0.05) is 88.4 Å². The molecule has 44 heavy (non-hydrogen) atoms. The number of hydrogen-bond donors (Lipinski definition) is 1. The SMILES string of the molecule is CCC(CC)OCCN(CCOC(=O)c1ccc(C(=O)C(O)(CC)CC)cc1)C(=O)c1ccccc1C(=O)c1ccccc1. The minimum Gasteiger partial charge on any atom is -0.460 e. The van der Waals surface area contributed by atoms with E-state index in [1.54, 1.807) is 62.4 Å². The van der Waals surface area contributed by atoms with Crippen LogP contribution in [0.5, 0.6) is 0 Å². The Morgan fingerprint density at radius 3 is 1.84 bits per heavy atom. The molecular formula is C36H43NO7. The number of ether oxygens (including phenoxy) is 2. The normalized spacial score (nSPS) is 11.3. The molecule has 8 heteroatoms. The van der Waals surface area contributed by atoms with Gasteiger partial charge in [0.15, 0.2) is 11.6 Å². The number of aliphatic hydroxyl groups is 1. The fourth-order valence-corrected chi connectivity index (χ4v) is 4.88. The van der Waals surface area contributed by atoms with Crippen LogP contribution in [0, 0.1) is 0 Å². The first-order valence-corrected chi connectivity index (χ1v) is 15.3. The van der Waals surface area contributed by atoms with Crippen molar-refractivity contribution in [3.05, 3.63) is 107 Å². The Hall–Kier alpha value is -4.14. The molecule has 0 unspecified atom stereocenters. The van der Waals surface area contributed by atoms with E-state index in [0.29, 0.717) is 16.7 Å². The van der Waals surface area contributed by atoms with Crippen LogP contribution in [0.1, 0.15) is 100 Å². The summed E-state index contributed by atoms with van der Waals surface area (Å²) in [6.45, 7) is 8.11. The van der Waals surface area contributed by atoms with Crippen LogP contribution in [0.25, 0.3) is 0 Å². The first kappa shape index (κ1) is 34.4. The van der Waals surface area contributed by atoms with Crippen molar-refractivity contribution >= 4 is 23.4 Å². The van der Waals surface area contributed by atoms with Crippen molar-refractivity contribution in [2.24, 2.45) is 0 Å². The fourth-order valence-electron chi connectivity index (χ4n) is 4.88. The van der Waals surface area contributed by atoms with Crippen LogP contribution in [0.15, 0.2) is 78.9 Å². The summed E-state index contributed by atoms with van der Waals surface area (Å²) < 4.78 is 11.5. The highest BCUT2D eigenvalue weighted by Crippen LogP contribution is 2.22. The van der Waals surface area contributed by atoms with Gasteiger partial charge in [0.05, 0.1) is 30.4 Å². The van der Waals surface area contributed by atoms with Gasteiger partial charge < -0.3 is 19.5 Å². The highest BCUT2D eigenvalue weighted by molar-refractivity contribution is 6.15. The second-order valence-corrected chi connectivity index (χ2v) is 10.6. The van der Waals surface area contributed by atoms with E-state index in [1.807, 2.05) is 19.9 Å². The van der Waals surface area contributed by atoms with Crippen LogP contribution < -0.4 is 0 Å². The van der Waals surface area contributed by atoms with Gasteiger partial charge in [0.1, 0.15) is 12.2 Å². The van der Waals surface area contributed by atoms with Crippen LogP contribution in [-0.2, 0) is 9.47 Å². The number of rotatable bonds is 17. The molecule has 0 saturated carbocycles. The smallest absolute Gasteiger partial charge is 0.338 e. The molecule has 0 atom stereocenters. The zero-order valence-corrected chi connectivity index (χ0v) is 26.1. The molecule has 0 heterocycles. The first-order valence-electron chi connectivity index (χ1n) is 15.3. The number of Topliss-reactive ketones (excluding diaryl/α,β-unsaturated/α-hetero) is 1. The molecule has 0 aliphatic carbocycles. The van der Waals surface area contributed by atoms with Crippen LogP contribution in [-0.4, -0.2) is 71.5 Å². The predicted molar refractivity (Wildman–Crippen MR) is 169 cm³/mol. The van der Waals surface area contributed by atoms with Crippen molar-refractivity contribution < 1.29 is 33.8 Å². The predicted octanol–water partition coefficient (Wildman–Crippen LogP) is 6.16. The summed E-state index contributed by atoms with van der Waals surface area (Å²) in [4.78, 5) is 54.2. The quantitative estimate of drug-likeness (QED) is 0.146. The number of esters is 1. The lowest BCUT2D eigenvalue weighted by molar-refractivity contribution is 0.0234. The number of nitrogens with zero attached hydrogens (tertiary/aromatic N) is 1. The van der Waals surface area contributed by atoms with E-state index in [9.17, 15) is 24.3 Å². The Kier molecular flexibility index (Phi) is 13.0. The van der Waals surface area contributed by atoms with E-state index in [1.165, 1.54) is 29.2 Å². The largest absolute Gasteiger partial charge is 0.460 e. The Bertz CT molecular complexity index is 1390. The van der Waals surface area contributed by atoms with Crippen LogP contribution in [0.2, 0.25) is 0 Å². The second-order valence-electron chi connectivity index (χ2n) is 10.6. The topological polar surface area (TPSA) is 110 Å². The molecular weight excluding hydrogens is 558 g/mol. The number of hydrogen-bond acceptors (Lipinski definition) is 7. The van der Waals surface area contributed by atoms with E-state index in [2.05, 4.69) is 0 Å². The standard InChI is InChI=1S/C36H43NO7/c1-5-29(6-2)43-24-22-37(34(40)31-17-13-12-16-30(31)32(38)26-14-10-9-11-15-26)23-25-44-35(41)28-20-18-27(19-21-28)33(39)36(42,7-3)8-4/h9-21,29,42H,5-8,22-25H2,1-4H3. The fraction of sp³-hybridized carbons (Fsp3) is 0.389. The van der Waals surface area contributed by atoms with Crippen molar-refractivity contribution in [2.45, 2.75) is 65.1 Å². The molecule has 0 spiro atoms. The molecule has 3 rings (SSSR count). The Morgan fingerprint density at radius 1 is 0.705 bits per heavy atom. The molecule has 0 saturated heterocycles. The van der Waals surface area contributed by atoms with Gasteiger partial charge in [-0.2, -0.15) is 0 Å². The van der Waals surface area contributed by atoms with Crippen molar-refractivity contribution in [3.8, 4) is 0 Å². The van der Waals surface area contributed by atoms with E-state index in [4.69, 9.17) is 9.47 Å². The Labute approximate surface area is 260 Å². The second kappa shape index (κ2) is 16.6. The molecule has 3 aromatic carbocycles. The minimum absolute atomic E-state index is 0.0669. The monoisotopic (exact) mass is 601 g/mol. The molecule has 0 aliphatic rings. The lowest BCUT2D eigenvalue weighted by Crippen LogP contribution is -2.38. The number of benzene rings is 3. The molecule has 234 valence electrons. The number of carbonyl (C=O) groups is 4. The van der Waals surface area contributed by atoms with Gasteiger partial charge >= 0.3 is 5.97 Å². The molecule has 0 bridgehead atoms. The van der Waals surface area contributed by atoms with Gasteiger partial charge in [0.25, 0.3) is 5.91 Å². The summed E-state index contributed by atoms with van der Waals surface area (Å²) in [6, 6.07) is 21.5. The van der Waals surface area contributed by atoms with E-state index in [0.717, 1.165) is 12.8 Å². The molecule has 0 radical (unpaired) electrons. The maximum atomic E-state index is 13.8. The Balaban J connectivity index is 1.73. The van der Waals surface area contributed by atoms with Gasteiger partial charge in [-0.3, -0.25) is 14.4 Å². The highest BCUT2D eigenvalue weighted by atomic mass is 16.5. The van der Waals surface area contributed by atoms with Gasteiger partial charge in [-0.05, 0) is 43.9 Å². The average molecular weight is 602 g/mol. The lowest BCUT2D eigenvalue weighted by Gasteiger charge is -2.25. The molecule has 8 nitrogen and oxygen atoms in total. The third-order valence-electron chi connectivity index (χ3n) is 7.92. The maximum absolute atomic E-state index is 13.8. The third kappa shape index (κ3) is 8.71. The lowest BCUT2D eigenvalue weighted by atomic mass is 9.88. The van der Waals surface area contributed by atoms with Gasteiger partial charge in [-0.25, -0.2) is 4.79 Å². The maximum Gasteiger partial charge on any atom is 0.338 e. The third-order valence-corrected chi connectivity index (χ3v) is 7.92. The molecule has 3 aromatic rings. The highest BCUT2D eigenvalue weighted by Gasteiger charge is 2.32. The van der Waals surface area contributed by atoms with E-state index in [-0.39, 0.29) is 68.1 Å². The van der Waals surface area contributed by atoms with Gasteiger partial charge in [0.2, 0.25) is 0 Å². The minimum atomic E-state index is -1.44. The summed E-state index contributed by atoms with van der Waals surface area (Å²) in [6.07, 6.45) is 2.33. The summed E-state index contributed by atoms with van der Waals surface area (Å²) in [5, 5.41) is 10.5. The number of carbonyl (C=O) groups excluding carboxylic acids is 4. The molecule has 1 amide bonds. The zero-order chi connectivity index (χ0) is 32.1. The van der Waals surface area contributed by atoms with Crippen LogP contribution >= 0.6 is 0 Å². The van der Waals surface area contributed by atoms with Crippen molar-refractivity contribution in [1.29, 1.82) is 0 Å². The summed E-state index contributed by atoms with van der Waals surface area (Å²) in [5.74, 6) is -1.62. The molecule has 1 N–H and O–H groups in total.